The van der Waals surface area contributed by atoms with Gasteiger partial charge in [0.15, 0.2) is 0 Å². The molecule has 0 aliphatic heterocycles. The predicted octanol–water partition coefficient (Wildman–Crippen LogP) is 3.07. The average Bonchev–Trinajstić information content (AvgIpc) is 2.37. The van der Waals surface area contributed by atoms with E-state index in [2.05, 4.69) is 12.1 Å². The summed E-state index contributed by atoms with van der Waals surface area (Å²) in [6, 6.07) is 25.0. The maximum atomic E-state index is 6.25. The molecular weight excluding hydrogens is 234 g/mol. The Bertz CT molecular complexity index is 220. The second-order valence-corrected chi connectivity index (χ2v) is 2.15. The number of hydrogen-bond acceptors (Lipinski definition) is 1. The molecule has 2 aromatic rings. The molecule has 1 radical (unpaired) electrons. The van der Waals surface area contributed by atoms with Crippen LogP contribution in [0.4, 0.5) is 0 Å². The molecule has 0 aliphatic carbocycles. The maximum absolute atomic E-state index is 6.25. The molecule has 2 rings (SSSR count). The SMILES string of the molecule is [C-]#N.[Cu+2].[c-]1ccccc1.[c-]1ccccc1. The van der Waals surface area contributed by atoms with Crippen LogP contribution in [0.2, 0.25) is 0 Å². The summed E-state index contributed by atoms with van der Waals surface area (Å²) < 4.78 is 0. The first kappa shape index (κ1) is 15.9. The Kier molecular flexibility index (Phi) is 15.8. The van der Waals surface area contributed by atoms with Gasteiger partial charge in [0, 0.05) is 0 Å². The summed E-state index contributed by atoms with van der Waals surface area (Å²) in [6.07, 6.45) is 0. The van der Waals surface area contributed by atoms with Crippen molar-refractivity contribution in [2.24, 2.45) is 0 Å². The minimum Gasteiger partial charge on any atom is -0.512 e. The van der Waals surface area contributed by atoms with Crippen molar-refractivity contribution in [1.82, 2.24) is 0 Å². The van der Waals surface area contributed by atoms with E-state index in [-0.39, 0.29) is 17.1 Å². The minimum absolute atomic E-state index is 0. The van der Waals surface area contributed by atoms with Gasteiger partial charge in [0.1, 0.15) is 0 Å². The van der Waals surface area contributed by atoms with Crippen LogP contribution in [0.5, 0.6) is 0 Å². The van der Waals surface area contributed by atoms with Crippen molar-refractivity contribution in [3.05, 3.63) is 79.4 Å². The topological polar surface area (TPSA) is 23.8 Å². The van der Waals surface area contributed by atoms with Gasteiger partial charge in [-0.2, -0.15) is 72.8 Å². The second kappa shape index (κ2) is 14.9. The molecule has 0 amide bonds. The van der Waals surface area contributed by atoms with Gasteiger partial charge in [0.05, 0.1) is 0 Å². The summed E-state index contributed by atoms with van der Waals surface area (Å²) in [5.41, 5.74) is 0. The zero-order chi connectivity index (χ0) is 10.5. The van der Waals surface area contributed by atoms with E-state index in [1.54, 1.807) is 0 Å². The van der Waals surface area contributed by atoms with Gasteiger partial charge in [0.25, 0.3) is 0 Å². The number of rotatable bonds is 0. The molecule has 0 heterocycles. The Morgan fingerprint density at radius 3 is 0.933 bits per heavy atom. The summed E-state index contributed by atoms with van der Waals surface area (Å²) in [4.78, 5) is 0. The van der Waals surface area contributed by atoms with Crippen LogP contribution >= 0.6 is 0 Å². The fourth-order valence-electron chi connectivity index (χ4n) is 0.684. The van der Waals surface area contributed by atoms with Crippen LogP contribution in [-0.4, -0.2) is 0 Å². The van der Waals surface area contributed by atoms with Crippen LogP contribution in [0, 0.1) is 24.0 Å². The Morgan fingerprint density at radius 1 is 0.600 bits per heavy atom. The second-order valence-electron chi connectivity index (χ2n) is 2.15. The summed E-state index contributed by atoms with van der Waals surface area (Å²) in [7, 11) is 0. The van der Waals surface area contributed by atoms with Gasteiger partial charge < -0.3 is 11.8 Å². The predicted molar refractivity (Wildman–Crippen MR) is 55.5 cm³/mol. The number of nitrogens with zero attached hydrogens (tertiary/aromatic N) is 1. The molecule has 15 heavy (non-hydrogen) atoms. The van der Waals surface area contributed by atoms with Crippen LogP contribution in [0.25, 0.3) is 0 Å². The molecular formula is C13H10CuN-. The first-order valence-electron chi connectivity index (χ1n) is 4.04. The van der Waals surface area contributed by atoms with Crippen LogP contribution < -0.4 is 0 Å². The summed E-state index contributed by atoms with van der Waals surface area (Å²) in [6.45, 7) is 4.75. The standard InChI is InChI=1S/2C6H5.CN.Cu/c2*1-2-4-6-5-3-1;1-2;/h2*1-5H;;/q3*-1;+2. The Hall–Kier alpha value is -1.55. The molecule has 0 atom stereocenters. The Morgan fingerprint density at radius 2 is 0.867 bits per heavy atom. The van der Waals surface area contributed by atoms with Crippen molar-refractivity contribution >= 4 is 0 Å². The normalized spacial score (nSPS) is 6.53. The first-order valence-corrected chi connectivity index (χ1v) is 4.04. The monoisotopic (exact) mass is 243 g/mol. The minimum atomic E-state index is 0. The van der Waals surface area contributed by atoms with E-state index in [9.17, 15) is 0 Å². The maximum Gasteiger partial charge on any atom is 2.00 e. The van der Waals surface area contributed by atoms with Crippen LogP contribution in [0.1, 0.15) is 0 Å². The third-order valence-corrected chi connectivity index (χ3v) is 1.21. The van der Waals surface area contributed by atoms with Crippen molar-refractivity contribution in [2.75, 3.05) is 0 Å². The molecule has 0 aromatic heterocycles. The summed E-state index contributed by atoms with van der Waals surface area (Å²) in [5.74, 6) is 0. The quantitative estimate of drug-likeness (QED) is 0.515. The van der Waals surface area contributed by atoms with Gasteiger partial charge in [-0.1, -0.05) is 0 Å². The average molecular weight is 244 g/mol. The van der Waals surface area contributed by atoms with Gasteiger partial charge in [-0.05, 0) is 0 Å². The van der Waals surface area contributed by atoms with E-state index in [1.165, 1.54) is 0 Å². The van der Waals surface area contributed by atoms with Crippen molar-refractivity contribution < 1.29 is 17.1 Å². The van der Waals surface area contributed by atoms with Gasteiger partial charge in [-0.15, -0.1) is 0 Å². The first-order chi connectivity index (χ1) is 7.00. The smallest absolute Gasteiger partial charge is 0.512 e. The van der Waals surface area contributed by atoms with E-state index in [0.29, 0.717) is 0 Å². The van der Waals surface area contributed by atoms with Crippen LogP contribution in [0.15, 0.2) is 60.7 Å². The molecule has 0 saturated carbocycles. The Labute approximate surface area is 102 Å². The molecule has 0 bridgehead atoms. The summed E-state index contributed by atoms with van der Waals surface area (Å²) >= 11 is 0. The molecule has 0 aliphatic rings. The van der Waals surface area contributed by atoms with Gasteiger partial charge in [0.2, 0.25) is 0 Å². The molecule has 0 N–H and O–H groups in total. The van der Waals surface area contributed by atoms with E-state index >= 15 is 0 Å². The summed E-state index contributed by atoms with van der Waals surface area (Å²) in [5, 5.41) is 6.25. The zero-order valence-electron chi connectivity index (χ0n) is 8.02. The molecule has 0 fully saturated rings. The van der Waals surface area contributed by atoms with E-state index < -0.39 is 0 Å². The molecule has 2 aromatic carbocycles. The van der Waals surface area contributed by atoms with E-state index in [4.69, 9.17) is 11.8 Å². The fourth-order valence-corrected chi connectivity index (χ4v) is 0.684. The van der Waals surface area contributed by atoms with E-state index in [1.807, 2.05) is 60.7 Å². The van der Waals surface area contributed by atoms with Crippen LogP contribution in [-0.2, 0) is 17.1 Å². The van der Waals surface area contributed by atoms with Crippen LogP contribution in [0.3, 0.4) is 0 Å². The van der Waals surface area contributed by atoms with Crippen molar-refractivity contribution in [1.29, 1.82) is 5.26 Å². The number of benzene rings is 2. The van der Waals surface area contributed by atoms with Gasteiger partial charge >= 0.3 is 17.1 Å². The number of hydrogen-bond donors (Lipinski definition) is 0. The molecule has 0 unspecified atom stereocenters. The fraction of sp³-hybridized carbons (Fsp3) is 0. The zero-order valence-corrected chi connectivity index (χ0v) is 8.96. The Balaban J connectivity index is 0. The van der Waals surface area contributed by atoms with Gasteiger partial charge in [-0.3, -0.25) is 0 Å². The third kappa shape index (κ3) is 12.4. The third-order valence-electron chi connectivity index (χ3n) is 1.21. The molecule has 2 heteroatoms. The molecule has 1 nitrogen and oxygen atoms in total. The van der Waals surface area contributed by atoms with Crippen molar-refractivity contribution in [3.63, 3.8) is 0 Å². The largest absolute Gasteiger partial charge is 2.00 e. The van der Waals surface area contributed by atoms with Gasteiger partial charge in [-0.25, -0.2) is 0 Å². The van der Waals surface area contributed by atoms with E-state index in [0.717, 1.165) is 0 Å². The van der Waals surface area contributed by atoms with Crippen molar-refractivity contribution in [3.8, 4) is 0 Å². The molecule has 79 valence electrons. The molecule has 0 spiro atoms. The van der Waals surface area contributed by atoms with Crippen molar-refractivity contribution in [2.45, 2.75) is 0 Å². The molecule has 0 saturated heterocycles.